The SMILES string of the molecule is CN=C(NCC(C)N(C)c1ccccc1)N1CCC(COCCOC)C1.I. The molecule has 2 atom stereocenters. The fourth-order valence-electron chi connectivity index (χ4n) is 3.18. The van der Waals surface area contributed by atoms with Crippen molar-refractivity contribution < 1.29 is 9.47 Å². The molecule has 2 rings (SSSR count). The number of hydrogen-bond donors (Lipinski definition) is 1. The minimum absolute atomic E-state index is 0. The zero-order valence-corrected chi connectivity index (χ0v) is 19.4. The monoisotopic (exact) mass is 490 g/mol. The van der Waals surface area contributed by atoms with Gasteiger partial charge in [-0.25, -0.2) is 0 Å². The van der Waals surface area contributed by atoms with Crippen molar-refractivity contribution in [3.8, 4) is 0 Å². The first kappa shape index (κ1) is 24.0. The smallest absolute Gasteiger partial charge is 0.193 e. The Balaban J connectivity index is 0.00000364. The van der Waals surface area contributed by atoms with Gasteiger partial charge in [0.05, 0.1) is 19.8 Å². The minimum atomic E-state index is 0. The summed E-state index contributed by atoms with van der Waals surface area (Å²) in [5.74, 6) is 1.55. The standard InChI is InChI=1S/C20H34N4O2.HI/c1-17(23(3)19-8-6-5-7-9-19)14-22-20(21-2)24-11-10-18(15-24)16-26-13-12-25-4;/h5-9,17-18H,10-16H2,1-4H3,(H,21,22);1H. The van der Waals surface area contributed by atoms with Crippen LogP contribution in [0.3, 0.4) is 0 Å². The third-order valence-electron chi connectivity index (χ3n) is 4.96. The van der Waals surface area contributed by atoms with E-state index < -0.39 is 0 Å². The molecule has 0 aromatic heterocycles. The molecular weight excluding hydrogens is 455 g/mol. The Morgan fingerprint density at radius 1 is 1.33 bits per heavy atom. The average Bonchev–Trinajstić information content (AvgIpc) is 3.14. The molecule has 2 unspecified atom stereocenters. The highest BCUT2D eigenvalue weighted by atomic mass is 127. The maximum atomic E-state index is 5.68. The maximum absolute atomic E-state index is 5.68. The quantitative estimate of drug-likeness (QED) is 0.250. The maximum Gasteiger partial charge on any atom is 0.193 e. The van der Waals surface area contributed by atoms with Crippen LogP contribution in [0.15, 0.2) is 35.3 Å². The number of nitrogens with one attached hydrogen (secondary N) is 1. The van der Waals surface area contributed by atoms with Crippen molar-refractivity contribution in [3.63, 3.8) is 0 Å². The number of benzene rings is 1. The molecule has 6 nitrogen and oxygen atoms in total. The van der Waals surface area contributed by atoms with Gasteiger partial charge >= 0.3 is 0 Å². The summed E-state index contributed by atoms with van der Waals surface area (Å²) in [4.78, 5) is 9.09. The molecule has 1 heterocycles. The summed E-state index contributed by atoms with van der Waals surface area (Å²) in [5, 5.41) is 3.53. The first-order valence-corrected chi connectivity index (χ1v) is 9.45. The molecule has 0 aliphatic carbocycles. The third-order valence-corrected chi connectivity index (χ3v) is 4.96. The van der Waals surface area contributed by atoms with Gasteiger partial charge in [-0.05, 0) is 25.5 Å². The van der Waals surface area contributed by atoms with Gasteiger partial charge in [0.25, 0.3) is 0 Å². The molecule has 0 radical (unpaired) electrons. The van der Waals surface area contributed by atoms with Gasteiger partial charge in [-0.2, -0.15) is 0 Å². The van der Waals surface area contributed by atoms with Crippen molar-refractivity contribution in [3.05, 3.63) is 30.3 Å². The van der Waals surface area contributed by atoms with Crippen LogP contribution in [-0.4, -0.2) is 77.6 Å². The van der Waals surface area contributed by atoms with E-state index in [4.69, 9.17) is 9.47 Å². The van der Waals surface area contributed by atoms with Crippen molar-refractivity contribution in [2.75, 3.05) is 65.6 Å². The van der Waals surface area contributed by atoms with Gasteiger partial charge in [0, 0.05) is 58.5 Å². The number of aliphatic imine (C=N–C) groups is 1. The van der Waals surface area contributed by atoms with Crippen LogP contribution in [0, 0.1) is 5.92 Å². The van der Waals surface area contributed by atoms with Crippen molar-refractivity contribution in [1.82, 2.24) is 10.2 Å². The van der Waals surface area contributed by atoms with Gasteiger partial charge in [0.1, 0.15) is 0 Å². The molecule has 1 N–H and O–H groups in total. The van der Waals surface area contributed by atoms with Crippen LogP contribution in [0.4, 0.5) is 5.69 Å². The molecule has 1 aliphatic heterocycles. The number of likely N-dealkylation sites (tertiary alicyclic amines) is 1. The van der Waals surface area contributed by atoms with Gasteiger partial charge in [-0.15, -0.1) is 24.0 Å². The second-order valence-corrected chi connectivity index (χ2v) is 6.89. The van der Waals surface area contributed by atoms with Crippen molar-refractivity contribution in [1.29, 1.82) is 0 Å². The molecule has 0 saturated carbocycles. The molecule has 27 heavy (non-hydrogen) atoms. The molecule has 0 spiro atoms. The lowest BCUT2D eigenvalue weighted by atomic mass is 10.1. The number of anilines is 1. The molecule has 0 amide bonds. The molecule has 1 saturated heterocycles. The van der Waals surface area contributed by atoms with Crippen LogP contribution >= 0.6 is 24.0 Å². The van der Waals surface area contributed by atoms with Crippen LogP contribution in [0.1, 0.15) is 13.3 Å². The lowest BCUT2D eigenvalue weighted by Gasteiger charge is -2.29. The molecule has 0 bridgehead atoms. The summed E-state index contributed by atoms with van der Waals surface area (Å²) >= 11 is 0. The second kappa shape index (κ2) is 13.2. The fourth-order valence-corrected chi connectivity index (χ4v) is 3.18. The number of likely N-dealkylation sites (N-methyl/N-ethyl adjacent to an activating group) is 1. The molecule has 154 valence electrons. The number of nitrogens with zero attached hydrogens (tertiary/aromatic N) is 3. The number of para-hydroxylation sites is 1. The minimum Gasteiger partial charge on any atom is -0.382 e. The van der Waals surface area contributed by atoms with E-state index in [9.17, 15) is 0 Å². The summed E-state index contributed by atoms with van der Waals surface area (Å²) in [6, 6.07) is 10.8. The van der Waals surface area contributed by atoms with E-state index in [1.165, 1.54) is 5.69 Å². The predicted octanol–water partition coefficient (Wildman–Crippen LogP) is 2.69. The zero-order valence-electron chi connectivity index (χ0n) is 17.1. The van der Waals surface area contributed by atoms with E-state index >= 15 is 0 Å². The van der Waals surface area contributed by atoms with Gasteiger partial charge in [0.2, 0.25) is 0 Å². The number of rotatable bonds is 9. The number of ether oxygens (including phenoxy) is 2. The molecule has 1 aromatic carbocycles. The van der Waals surface area contributed by atoms with E-state index in [1.54, 1.807) is 7.11 Å². The van der Waals surface area contributed by atoms with Gasteiger partial charge in [-0.1, -0.05) is 18.2 Å². The van der Waals surface area contributed by atoms with E-state index in [2.05, 4.69) is 58.3 Å². The highest BCUT2D eigenvalue weighted by Gasteiger charge is 2.25. The Morgan fingerprint density at radius 3 is 2.74 bits per heavy atom. The second-order valence-electron chi connectivity index (χ2n) is 6.89. The number of hydrogen-bond acceptors (Lipinski definition) is 4. The lowest BCUT2D eigenvalue weighted by molar-refractivity contribution is 0.0536. The summed E-state index contributed by atoms with van der Waals surface area (Å²) in [6.45, 7) is 7.23. The summed E-state index contributed by atoms with van der Waals surface area (Å²) in [5.41, 5.74) is 1.23. The predicted molar refractivity (Wildman–Crippen MR) is 123 cm³/mol. The van der Waals surface area contributed by atoms with E-state index in [0.29, 0.717) is 25.2 Å². The fraction of sp³-hybridized carbons (Fsp3) is 0.650. The van der Waals surface area contributed by atoms with Crippen molar-refractivity contribution in [2.45, 2.75) is 19.4 Å². The topological polar surface area (TPSA) is 49.3 Å². The molecular formula is C20H35IN4O2. The highest BCUT2D eigenvalue weighted by molar-refractivity contribution is 14.0. The van der Waals surface area contributed by atoms with Crippen LogP contribution in [0.25, 0.3) is 0 Å². The first-order valence-electron chi connectivity index (χ1n) is 9.45. The number of methoxy groups -OCH3 is 1. The third kappa shape index (κ3) is 7.83. The lowest BCUT2D eigenvalue weighted by Crippen LogP contribution is -2.46. The van der Waals surface area contributed by atoms with E-state index in [-0.39, 0.29) is 24.0 Å². The van der Waals surface area contributed by atoms with Crippen molar-refractivity contribution >= 4 is 35.6 Å². The Bertz CT molecular complexity index is 544. The molecule has 7 heteroatoms. The zero-order chi connectivity index (χ0) is 18.8. The Kier molecular flexibility index (Phi) is 11.7. The van der Waals surface area contributed by atoms with Crippen LogP contribution in [-0.2, 0) is 9.47 Å². The Morgan fingerprint density at radius 2 is 2.07 bits per heavy atom. The van der Waals surface area contributed by atoms with E-state index in [1.807, 2.05) is 13.1 Å². The van der Waals surface area contributed by atoms with E-state index in [0.717, 1.165) is 38.6 Å². The highest BCUT2D eigenvalue weighted by Crippen LogP contribution is 2.17. The first-order chi connectivity index (χ1) is 12.7. The van der Waals surface area contributed by atoms with Gasteiger partial charge in [0.15, 0.2) is 5.96 Å². The van der Waals surface area contributed by atoms with Gasteiger partial charge < -0.3 is 24.6 Å². The average molecular weight is 490 g/mol. The van der Waals surface area contributed by atoms with Crippen molar-refractivity contribution in [2.24, 2.45) is 10.9 Å². The summed E-state index contributed by atoms with van der Waals surface area (Å²) in [7, 11) is 5.69. The number of guanidine groups is 1. The van der Waals surface area contributed by atoms with Gasteiger partial charge in [-0.3, -0.25) is 4.99 Å². The largest absolute Gasteiger partial charge is 0.382 e. The molecule has 1 aromatic rings. The van der Waals surface area contributed by atoms with Crippen LogP contribution < -0.4 is 10.2 Å². The summed E-state index contributed by atoms with van der Waals surface area (Å²) < 4.78 is 10.7. The van der Waals surface area contributed by atoms with Crippen LogP contribution in [0.5, 0.6) is 0 Å². The molecule has 1 fully saturated rings. The molecule has 1 aliphatic rings. The normalized spacial score (nSPS) is 18.1. The summed E-state index contributed by atoms with van der Waals surface area (Å²) in [6.07, 6.45) is 1.15. The number of halogens is 1. The Labute approximate surface area is 181 Å². The Hall–Kier alpha value is -1.06. The van der Waals surface area contributed by atoms with Crippen LogP contribution in [0.2, 0.25) is 0 Å².